The maximum absolute atomic E-state index is 8.73. The molecule has 0 spiro atoms. The van der Waals surface area contributed by atoms with E-state index in [0.717, 1.165) is 15.9 Å². The monoisotopic (exact) mass is 368 g/mol. The Morgan fingerprint density at radius 3 is 2.90 bits per heavy atom. The summed E-state index contributed by atoms with van der Waals surface area (Å²) >= 11 is 9.34. The van der Waals surface area contributed by atoms with Crippen LogP contribution in [0.4, 0.5) is 5.82 Å². The molecule has 0 fully saturated rings. The van der Waals surface area contributed by atoms with Gasteiger partial charge in [0.1, 0.15) is 5.82 Å². The highest BCUT2D eigenvalue weighted by Crippen LogP contribution is 2.26. The number of anilines is 1. The van der Waals surface area contributed by atoms with Gasteiger partial charge in [0.25, 0.3) is 0 Å². The van der Waals surface area contributed by atoms with Crippen molar-refractivity contribution in [1.82, 2.24) is 4.98 Å². The fraction of sp³-hybridized carbons (Fsp3) is 0.143. The van der Waals surface area contributed by atoms with E-state index in [1.165, 1.54) is 0 Å². The average molecular weight is 370 g/mol. The molecule has 1 heterocycles. The molecular formula is C14H14BrClN4O. The lowest BCUT2D eigenvalue weighted by atomic mass is 10.1. The van der Waals surface area contributed by atoms with E-state index in [4.69, 9.17) is 22.5 Å². The molecule has 1 aromatic carbocycles. The van der Waals surface area contributed by atoms with Gasteiger partial charge >= 0.3 is 0 Å². The van der Waals surface area contributed by atoms with Crippen LogP contribution >= 0.6 is 27.5 Å². The standard InChI is InChI=1S/C14H14BrClN4O/c1-20(14-12(15)6-11(16)7-18-14)8-9-3-2-4-10(5-9)13(17)19-21/h2-7,21H,8H2,1H3,(H2,17,19). The number of oxime groups is 1. The molecule has 0 saturated heterocycles. The summed E-state index contributed by atoms with van der Waals surface area (Å²) in [6.45, 7) is 0.625. The minimum atomic E-state index is 0.0882. The van der Waals surface area contributed by atoms with Gasteiger partial charge in [-0.3, -0.25) is 0 Å². The molecule has 1 aromatic heterocycles. The second kappa shape index (κ2) is 6.78. The highest BCUT2D eigenvalue weighted by Gasteiger charge is 2.09. The largest absolute Gasteiger partial charge is 0.409 e. The minimum absolute atomic E-state index is 0.0882. The number of nitrogens with zero attached hydrogens (tertiary/aromatic N) is 3. The first-order valence-corrected chi connectivity index (χ1v) is 7.27. The molecule has 0 atom stereocenters. The maximum Gasteiger partial charge on any atom is 0.170 e. The summed E-state index contributed by atoms with van der Waals surface area (Å²) in [4.78, 5) is 6.28. The van der Waals surface area contributed by atoms with E-state index in [1.54, 1.807) is 18.3 Å². The van der Waals surface area contributed by atoms with Gasteiger partial charge in [0, 0.05) is 25.4 Å². The molecule has 0 aliphatic carbocycles. The number of nitrogens with two attached hydrogens (primary N) is 1. The third-order valence-electron chi connectivity index (χ3n) is 2.90. The number of hydrogen-bond donors (Lipinski definition) is 2. The first-order valence-electron chi connectivity index (χ1n) is 6.10. The van der Waals surface area contributed by atoms with Gasteiger partial charge in [-0.15, -0.1) is 0 Å². The van der Waals surface area contributed by atoms with E-state index in [2.05, 4.69) is 26.1 Å². The Morgan fingerprint density at radius 2 is 2.24 bits per heavy atom. The van der Waals surface area contributed by atoms with Crippen molar-refractivity contribution in [2.24, 2.45) is 10.9 Å². The van der Waals surface area contributed by atoms with E-state index >= 15 is 0 Å². The molecule has 5 nitrogen and oxygen atoms in total. The van der Waals surface area contributed by atoms with Crippen LogP contribution in [0.3, 0.4) is 0 Å². The van der Waals surface area contributed by atoms with Gasteiger partial charge in [-0.25, -0.2) is 4.98 Å². The predicted molar refractivity (Wildman–Crippen MR) is 88.0 cm³/mol. The third kappa shape index (κ3) is 3.86. The SMILES string of the molecule is CN(Cc1cccc(/C(N)=N/O)c1)c1ncc(Cl)cc1Br. The smallest absolute Gasteiger partial charge is 0.170 e. The number of benzene rings is 1. The van der Waals surface area contributed by atoms with E-state index in [-0.39, 0.29) is 5.84 Å². The van der Waals surface area contributed by atoms with Crippen molar-refractivity contribution in [2.75, 3.05) is 11.9 Å². The molecule has 2 aromatic rings. The lowest BCUT2D eigenvalue weighted by Gasteiger charge is -2.20. The number of amidine groups is 1. The van der Waals surface area contributed by atoms with E-state index < -0.39 is 0 Å². The van der Waals surface area contributed by atoms with Crippen LogP contribution in [-0.4, -0.2) is 23.1 Å². The third-order valence-corrected chi connectivity index (χ3v) is 3.69. The zero-order valence-electron chi connectivity index (χ0n) is 11.3. The summed E-state index contributed by atoms with van der Waals surface area (Å²) in [6.07, 6.45) is 1.60. The number of halogens is 2. The molecule has 110 valence electrons. The summed E-state index contributed by atoms with van der Waals surface area (Å²) in [5.41, 5.74) is 7.29. The number of aromatic nitrogens is 1. The quantitative estimate of drug-likeness (QED) is 0.375. The molecule has 21 heavy (non-hydrogen) atoms. The zero-order valence-corrected chi connectivity index (χ0v) is 13.6. The molecule has 0 aliphatic rings. The average Bonchev–Trinajstić information content (AvgIpc) is 2.46. The van der Waals surface area contributed by atoms with Gasteiger partial charge in [0.15, 0.2) is 5.84 Å². The number of pyridine rings is 1. The predicted octanol–water partition coefficient (Wildman–Crippen LogP) is 3.23. The Kier molecular flexibility index (Phi) is 5.03. The summed E-state index contributed by atoms with van der Waals surface area (Å²) in [7, 11) is 1.93. The second-order valence-electron chi connectivity index (χ2n) is 4.50. The molecular weight excluding hydrogens is 356 g/mol. The summed E-state index contributed by atoms with van der Waals surface area (Å²) in [5, 5.41) is 12.3. The van der Waals surface area contributed by atoms with Crippen LogP contribution < -0.4 is 10.6 Å². The normalized spacial score (nSPS) is 11.5. The summed E-state index contributed by atoms with van der Waals surface area (Å²) in [5.74, 6) is 0.874. The van der Waals surface area contributed by atoms with Gasteiger partial charge < -0.3 is 15.8 Å². The Bertz CT molecular complexity index is 678. The Hall–Kier alpha value is -1.79. The highest BCUT2D eigenvalue weighted by atomic mass is 79.9. The molecule has 0 unspecified atom stereocenters. The maximum atomic E-state index is 8.73. The van der Waals surface area contributed by atoms with Gasteiger partial charge in [-0.2, -0.15) is 0 Å². The van der Waals surface area contributed by atoms with Crippen molar-refractivity contribution in [2.45, 2.75) is 6.54 Å². The number of rotatable bonds is 4. The van der Waals surface area contributed by atoms with Crippen molar-refractivity contribution in [1.29, 1.82) is 0 Å². The second-order valence-corrected chi connectivity index (χ2v) is 5.79. The van der Waals surface area contributed by atoms with Crippen LogP contribution in [0, 0.1) is 0 Å². The fourth-order valence-electron chi connectivity index (χ4n) is 1.92. The molecule has 7 heteroatoms. The van der Waals surface area contributed by atoms with Crippen molar-refractivity contribution < 1.29 is 5.21 Å². The molecule has 0 radical (unpaired) electrons. The summed E-state index contributed by atoms with van der Waals surface area (Å²) in [6, 6.07) is 9.28. The molecule has 3 N–H and O–H groups in total. The van der Waals surface area contributed by atoms with Gasteiger partial charge in [-0.05, 0) is 33.6 Å². The molecule has 0 aliphatic heterocycles. The summed E-state index contributed by atoms with van der Waals surface area (Å²) < 4.78 is 0.824. The van der Waals surface area contributed by atoms with Crippen molar-refractivity contribution >= 4 is 39.2 Å². The first-order chi connectivity index (χ1) is 10.0. The minimum Gasteiger partial charge on any atom is -0.409 e. The van der Waals surface area contributed by atoms with Crippen LogP contribution in [0.5, 0.6) is 0 Å². The molecule has 0 saturated carbocycles. The zero-order chi connectivity index (χ0) is 15.4. The lowest BCUT2D eigenvalue weighted by Crippen LogP contribution is -2.19. The highest BCUT2D eigenvalue weighted by molar-refractivity contribution is 9.10. The first kappa shape index (κ1) is 15.6. The van der Waals surface area contributed by atoms with E-state index in [0.29, 0.717) is 17.1 Å². The molecule has 0 bridgehead atoms. The van der Waals surface area contributed by atoms with Crippen LogP contribution in [0.25, 0.3) is 0 Å². The van der Waals surface area contributed by atoms with Gasteiger partial charge in [0.2, 0.25) is 0 Å². The lowest BCUT2D eigenvalue weighted by molar-refractivity contribution is 0.318. The van der Waals surface area contributed by atoms with Crippen LogP contribution in [-0.2, 0) is 6.54 Å². The Morgan fingerprint density at radius 1 is 1.48 bits per heavy atom. The van der Waals surface area contributed by atoms with Crippen molar-refractivity contribution in [3.05, 3.63) is 57.2 Å². The van der Waals surface area contributed by atoms with Crippen molar-refractivity contribution in [3.8, 4) is 0 Å². The number of hydrogen-bond acceptors (Lipinski definition) is 4. The molecule has 0 amide bonds. The van der Waals surface area contributed by atoms with E-state index in [1.807, 2.05) is 30.1 Å². The van der Waals surface area contributed by atoms with Crippen LogP contribution in [0.1, 0.15) is 11.1 Å². The Labute approximate surface area is 136 Å². The van der Waals surface area contributed by atoms with Crippen molar-refractivity contribution in [3.63, 3.8) is 0 Å². The van der Waals surface area contributed by atoms with Crippen LogP contribution in [0.15, 0.2) is 46.2 Å². The van der Waals surface area contributed by atoms with Crippen LogP contribution in [0.2, 0.25) is 5.02 Å². The topological polar surface area (TPSA) is 74.7 Å². The Balaban J connectivity index is 2.21. The fourth-order valence-corrected chi connectivity index (χ4v) is 2.87. The van der Waals surface area contributed by atoms with Gasteiger partial charge in [-0.1, -0.05) is 35.0 Å². The van der Waals surface area contributed by atoms with E-state index in [9.17, 15) is 0 Å². The molecule has 2 rings (SSSR count). The van der Waals surface area contributed by atoms with Gasteiger partial charge in [0.05, 0.1) is 9.50 Å².